The van der Waals surface area contributed by atoms with Crippen LogP contribution in [-0.4, -0.2) is 27.8 Å². The van der Waals surface area contributed by atoms with Gasteiger partial charge in [-0.1, -0.05) is 0 Å². The first-order valence-electron chi connectivity index (χ1n) is 5.16. The number of aromatic nitrogens is 1. The normalized spacial score (nSPS) is 15.4. The molecule has 8 heteroatoms. The largest absolute Gasteiger partial charge is 0.419 e. The number of alkyl halides is 3. The summed E-state index contributed by atoms with van der Waals surface area (Å²) in [6.45, 7) is 0.104. The number of aliphatic hydroxyl groups is 2. The van der Waals surface area contributed by atoms with Crippen LogP contribution in [0.4, 0.5) is 19.0 Å². The van der Waals surface area contributed by atoms with Crippen LogP contribution in [0.25, 0.3) is 0 Å². The number of pyridine rings is 1. The van der Waals surface area contributed by atoms with Gasteiger partial charge in [-0.2, -0.15) is 13.2 Å². The van der Waals surface area contributed by atoms with Gasteiger partial charge in [0, 0.05) is 11.8 Å². The van der Waals surface area contributed by atoms with Gasteiger partial charge in [0.05, 0.1) is 11.7 Å². The van der Waals surface area contributed by atoms with Crippen LogP contribution in [0.15, 0.2) is 12.3 Å². The van der Waals surface area contributed by atoms with Gasteiger partial charge in [0.15, 0.2) is 0 Å². The zero-order valence-electron chi connectivity index (χ0n) is 9.35. The van der Waals surface area contributed by atoms with Crippen molar-refractivity contribution in [2.24, 2.45) is 5.73 Å². The second-order valence-electron chi connectivity index (χ2n) is 3.79. The van der Waals surface area contributed by atoms with E-state index in [1.54, 1.807) is 0 Å². The molecule has 0 aliphatic rings. The average molecular weight is 265 g/mol. The predicted molar refractivity (Wildman–Crippen MR) is 58.3 cm³/mol. The number of rotatable bonds is 4. The van der Waals surface area contributed by atoms with Crippen molar-refractivity contribution in [3.05, 3.63) is 23.4 Å². The van der Waals surface area contributed by atoms with Gasteiger partial charge in [-0.25, -0.2) is 4.98 Å². The number of anilines is 1. The number of nitrogens with zero attached hydrogens (tertiary/aromatic N) is 1. The lowest BCUT2D eigenvalue weighted by atomic mass is 10.0. The average Bonchev–Trinajstić information content (AvgIpc) is 2.27. The van der Waals surface area contributed by atoms with Gasteiger partial charge in [-0.3, -0.25) is 0 Å². The molecular weight excluding hydrogens is 251 g/mol. The van der Waals surface area contributed by atoms with E-state index in [0.717, 1.165) is 6.20 Å². The maximum Gasteiger partial charge on any atom is 0.419 e. The Bertz CT molecular complexity index is 412. The molecule has 0 aliphatic carbocycles. The topological polar surface area (TPSA) is 105 Å². The second-order valence-corrected chi connectivity index (χ2v) is 3.79. The highest BCUT2D eigenvalue weighted by atomic mass is 19.4. The summed E-state index contributed by atoms with van der Waals surface area (Å²) in [5.74, 6) is -0.674. The van der Waals surface area contributed by atoms with Crippen molar-refractivity contribution in [3.8, 4) is 0 Å². The summed E-state index contributed by atoms with van der Waals surface area (Å²) in [6, 6.07) is 0.673. The van der Waals surface area contributed by atoms with E-state index in [2.05, 4.69) is 4.98 Å². The molecule has 0 spiro atoms. The Morgan fingerprint density at radius 3 is 2.44 bits per heavy atom. The number of halogens is 3. The third-order valence-electron chi connectivity index (χ3n) is 2.41. The molecule has 102 valence electrons. The molecule has 18 heavy (non-hydrogen) atoms. The van der Waals surface area contributed by atoms with Crippen LogP contribution >= 0.6 is 0 Å². The molecule has 1 aromatic heterocycles. The predicted octanol–water partition coefficient (Wildman–Crippen LogP) is 0.426. The minimum absolute atomic E-state index is 0.0624. The highest BCUT2D eigenvalue weighted by Crippen LogP contribution is 2.34. The molecule has 0 radical (unpaired) electrons. The van der Waals surface area contributed by atoms with E-state index >= 15 is 0 Å². The van der Waals surface area contributed by atoms with Gasteiger partial charge in [-0.15, -0.1) is 0 Å². The van der Waals surface area contributed by atoms with Crippen molar-refractivity contribution >= 4 is 5.82 Å². The lowest BCUT2D eigenvalue weighted by Crippen LogP contribution is -2.22. The number of nitrogens with two attached hydrogens (primary N) is 2. The first-order valence-corrected chi connectivity index (χ1v) is 5.16. The minimum atomic E-state index is -4.66. The van der Waals surface area contributed by atoms with Crippen molar-refractivity contribution in [2.45, 2.75) is 24.8 Å². The van der Waals surface area contributed by atoms with E-state index < -0.39 is 29.8 Å². The Labute approximate surface area is 101 Å². The fourth-order valence-corrected chi connectivity index (χ4v) is 1.43. The van der Waals surface area contributed by atoms with E-state index in [0.29, 0.717) is 6.07 Å². The van der Waals surface area contributed by atoms with E-state index in [4.69, 9.17) is 11.5 Å². The zero-order chi connectivity index (χ0) is 13.9. The van der Waals surface area contributed by atoms with E-state index in [1.165, 1.54) is 0 Å². The van der Waals surface area contributed by atoms with Gasteiger partial charge in [0.25, 0.3) is 0 Å². The first-order chi connectivity index (χ1) is 8.27. The Kier molecular flexibility index (Phi) is 4.49. The Hall–Kier alpha value is -1.38. The van der Waals surface area contributed by atoms with Gasteiger partial charge < -0.3 is 21.7 Å². The molecule has 0 amide bonds. The molecule has 0 fully saturated rings. The van der Waals surface area contributed by atoms with Crippen LogP contribution in [0, 0.1) is 0 Å². The highest BCUT2D eigenvalue weighted by Gasteiger charge is 2.34. The van der Waals surface area contributed by atoms with Crippen molar-refractivity contribution in [1.82, 2.24) is 4.98 Å². The van der Waals surface area contributed by atoms with E-state index in [1.807, 2.05) is 0 Å². The van der Waals surface area contributed by atoms with Crippen LogP contribution in [0.1, 0.15) is 23.7 Å². The van der Waals surface area contributed by atoms with Gasteiger partial charge >= 0.3 is 6.18 Å². The van der Waals surface area contributed by atoms with Crippen LogP contribution in [0.2, 0.25) is 0 Å². The SMILES string of the molecule is NCCC(O)C(O)c1cnc(N)c(C(F)(F)F)c1. The monoisotopic (exact) mass is 265 g/mol. The van der Waals surface area contributed by atoms with Crippen molar-refractivity contribution in [2.75, 3.05) is 12.3 Å². The molecule has 0 aromatic carbocycles. The molecule has 1 aromatic rings. The third-order valence-corrected chi connectivity index (χ3v) is 2.41. The van der Waals surface area contributed by atoms with Crippen molar-refractivity contribution < 1.29 is 23.4 Å². The van der Waals surface area contributed by atoms with Gasteiger partial charge in [0.2, 0.25) is 0 Å². The lowest BCUT2D eigenvalue weighted by Gasteiger charge is -2.18. The zero-order valence-corrected chi connectivity index (χ0v) is 9.35. The summed E-state index contributed by atoms with van der Waals surface area (Å²) in [6.07, 6.45) is -6.34. The summed E-state index contributed by atoms with van der Waals surface area (Å²) in [5.41, 5.74) is 9.00. The van der Waals surface area contributed by atoms with Crippen LogP contribution in [0.3, 0.4) is 0 Å². The summed E-state index contributed by atoms with van der Waals surface area (Å²) in [4.78, 5) is 3.36. The molecule has 1 heterocycles. The molecule has 1 rings (SSSR count). The summed E-state index contributed by atoms with van der Waals surface area (Å²) >= 11 is 0. The lowest BCUT2D eigenvalue weighted by molar-refractivity contribution is -0.137. The van der Waals surface area contributed by atoms with Crippen LogP contribution in [0.5, 0.6) is 0 Å². The summed E-state index contributed by atoms with van der Waals surface area (Å²) < 4.78 is 37.7. The summed E-state index contributed by atoms with van der Waals surface area (Å²) in [5, 5.41) is 19.1. The number of aliphatic hydroxyl groups excluding tert-OH is 2. The van der Waals surface area contributed by atoms with Crippen molar-refractivity contribution in [1.29, 1.82) is 0 Å². The minimum Gasteiger partial charge on any atom is -0.390 e. The molecule has 2 unspecified atom stereocenters. The van der Waals surface area contributed by atoms with E-state index in [-0.39, 0.29) is 18.5 Å². The Morgan fingerprint density at radius 1 is 1.33 bits per heavy atom. The summed E-state index contributed by atoms with van der Waals surface area (Å²) in [7, 11) is 0. The maximum absolute atomic E-state index is 12.6. The van der Waals surface area contributed by atoms with Crippen LogP contribution in [-0.2, 0) is 6.18 Å². The first kappa shape index (κ1) is 14.7. The van der Waals surface area contributed by atoms with E-state index in [9.17, 15) is 23.4 Å². The molecule has 0 saturated carbocycles. The Morgan fingerprint density at radius 2 is 1.94 bits per heavy atom. The molecule has 0 bridgehead atoms. The van der Waals surface area contributed by atoms with Crippen LogP contribution < -0.4 is 11.5 Å². The molecule has 6 N–H and O–H groups in total. The quantitative estimate of drug-likeness (QED) is 0.631. The Balaban J connectivity index is 3.05. The number of hydrogen-bond donors (Lipinski definition) is 4. The van der Waals surface area contributed by atoms with Gasteiger partial charge in [-0.05, 0) is 19.0 Å². The number of nitrogen functional groups attached to an aromatic ring is 1. The molecule has 2 atom stereocenters. The highest BCUT2D eigenvalue weighted by molar-refractivity contribution is 5.43. The number of hydrogen-bond acceptors (Lipinski definition) is 5. The second kappa shape index (κ2) is 5.51. The van der Waals surface area contributed by atoms with Crippen molar-refractivity contribution in [3.63, 3.8) is 0 Å². The fourth-order valence-electron chi connectivity index (χ4n) is 1.43. The third kappa shape index (κ3) is 3.31. The standard InChI is InChI=1S/C10H14F3N3O2/c11-10(12,13)6-3-5(4-16-9(6)15)8(18)7(17)1-2-14/h3-4,7-8,17-18H,1-2,14H2,(H2,15,16). The molecule has 0 aliphatic heterocycles. The molecule has 5 nitrogen and oxygen atoms in total. The maximum atomic E-state index is 12.6. The molecule has 0 saturated heterocycles. The smallest absolute Gasteiger partial charge is 0.390 e. The van der Waals surface area contributed by atoms with Gasteiger partial charge in [0.1, 0.15) is 11.9 Å². The molecular formula is C10H14F3N3O2. The fraction of sp³-hybridized carbons (Fsp3) is 0.500.